The third-order valence-corrected chi connectivity index (χ3v) is 5.13. The Labute approximate surface area is 191 Å². The third-order valence-electron chi connectivity index (χ3n) is 4.97. The quantitative estimate of drug-likeness (QED) is 0.572. The summed E-state index contributed by atoms with van der Waals surface area (Å²) in [5.41, 5.74) is 10.2. The summed E-state index contributed by atoms with van der Waals surface area (Å²) in [5, 5.41) is 11.0. The second-order valence-corrected chi connectivity index (χ2v) is 7.57. The van der Waals surface area contributed by atoms with Gasteiger partial charge in [-0.2, -0.15) is 5.17 Å². The summed E-state index contributed by atoms with van der Waals surface area (Å²) >= 11 is 6.28. The van der Waals surface area contributed by atoms with Gasteiger partial charge < -0.3 is 5.32 Å². The number of hydrogen-bond acceptors (Lipinski definition) is 8. The van der Waals surface area contributed by atoms with Crippen LogP contribution in [0.4, 0.5) is 4.39 Å². The van der Waals surface area contributed by atoms with Crippen molar-refractivity contribution in [2.24, 2.45) is 5.10 Å². The minimum atomic E-state index is -0.306. The monoisotopic (exact) mass is 457 g/mol. The average molecular weight is 458 g/mol. The second-order valence-electron chi connectivity index (χ2n) is 7.25. The zero-order valence-corrected chi connectivity index (χ0v) is 18.8. The van der Waals surface area contributed by atoms with E-state index in [4.69, 9.17) is 16.6 Å². The van der Waals surface area contributed by atoms with Crippen molar-refractivity contribution in [1.29, 1.82) is 0 Å². The highest BCUT2D eigenvalue weighted by atomic mass is 35.5. The lowest BCUT2D eigenvalue weighted by Crippen LogP contribution is -2.43. The maximum absolute atomic E-state index is 13.5. The average Bonchev–Trinajstić information content (AvgIpc) is 3.11. The first-order chi connectivity index (χ1) is 15.5. The van der Waals surface area contributed by atoms with Crippen LogP contribution in [-0.4, -0.2) is 34.4 Å². The van der Waals surface area contributed by atoms with Gasteiger partial charge in [0, 0.05) is 18.7 Å². The first kappa shape index (κ1) is 21.9. The highest BCUT2D eigenvalue weighted by molar-refractivity contribution is 6.14. The molecule has 8 nitrogen and oxygen atoms in total. The fourth-order valence-corrected chi connectivity index (χ4v) is 3.66. The van der Waals surface area contributed by atoms with Gasteiger partial charge in [-0.15, -0.1) is 14.9 Å². The number of hydrogen-bond donors (Lipinski definition) is 3. The van der Waals surface area contributed by atoms with E-state index in [1.807, 2.05) is 57.3 Å². The third kappa shape index (κ3) is 4.64. The van der Waals surface area contributed by atoms with Crippen molar-refractivity contribution < 1.29 is 9.23 Å². The minimum Gasteiger partial charge on any atom is -0.362 e. The van der Waals surface area contributed by atoms with Crippen LogP contribution in [0.15, 0.2) is 77.2 Å². The van der Waals surface area contributed by atoms with E-state index in [1.54, 1.807) is 22.4 Å². The largest absolute Gasteiger partial charge is 0.362 e. The highest BCUT2D eigenvalue weighted by Gasteiger charge is 2.33. The molecule has 2 aliphatic heterocycles. The zero-order valence-electron chi connectivity index (χ0n) is 18.0. The summed E-state index contributed by atoms with van der Waals surface area (Å²) in [6.45, 7) is 4.38. The molecular formula is C22H25ClFN7O. The smallest absolute Gasteiger partial charge is 0.152 e. The molecule has 2 heterocycles. The Bertz CT molecular complexity index is 1040. The molecule has 0 aromatic heterocycles. The number of nitrogens with one attached hydrogen (secondary N) is 3. The number of halogens is 2. The first-order valence-electron chi connectivity index (χ1n) is 10.2. The van der Waals surface area contributed by atoms with E-state index in [9.17, 15) is 4.39 Å². The molecular weight excluding hydrogens is 433 g/mol. The summed E-state index contributed by atoms with van der Waals surface area (Å²) in [6, 6.07) is 16.3. The van der Waals surface area contributed by atoms with Crippen LogP contribution in [0, 0.1) is 5.82 Å². The lowest BCUT2D eigenvalue weighted by Gasteiger charge is -2.30. The van der Waals surface area contributed by atoms with Gasteiger partial charge in [-0.1, -0.05) is 30.3 Å². The Kier molecular flexibility index (Phi) is 6.50. The Morgan fingerprint density at radius 2 is 1.84 bits per heavy atom. The SMILES string of the molecule is CCON1C(C2=CC(NC(C)c3ccccc3)=NN(Cl)N2)=C(c2ccc(F)cc2)NN1C. The molecule has 1 unspecified atom stereocenters. The summed E-state index contributed by atoms with van der Waals surface area (Å²) in [5.74, 6) is 0.265. The number of amidine groups is 1. The van der Waals surface area contributed by atoms with Gasteiger partial charge in [0.2, 0.25) is 0 Å². The number of nitrogens with zero attached hydrogens (tertiary/aromatic N) is 4. The number of benzene rings is 2. The van der Waals surface area contributed by atoms with Gasteiger partial charge >= 0.3 is 0 Å². The van der Waals surface area contributed by atoms with E-state index >= 15 is 0 Å². The fraction of sp³-hybridized carbons (Fsp3) is 0.227. The molecule has 0 radical (unpaired) electrons. The molecule has 0 saturated heterocycles. The number of hydroxylamine groups is 1. The molecule has 2 aromatic rings. The Hall–Kier alpha value is -3.27. The van der Waals surface area contributed by atoms with E-state index in [1.165, 1.54) is 12.1 Å². The maximum Gasteiger partial charge on any atom is 0.152 e. The van der Waals surface area contributed by atoms with Crippen LogP contribution < -0.4 is 16.2 Å². The molecule has 0 bridgehead atoms. The predicted octanol–water partition coefficient (Wildman–Crippen LogP) is 3.64. The zero-order chi connectivity index (χ0) is 22.7. The lowest BCUT2D eigenvalue weighted by molar-refractivity contribution is -0.248. The summed E-state index contributed by atoms with van der Waals surface area (Å²) < 4.78 is 14.6. The van der Waals surface area contributed by atoms with Crippen LogP contribution in [0.5, 0.6) is 0 Å². The first-order valence-corrected chi connectivity index (χ1v) is 10.6. The molecule has 0 amide bonds. The molecule has 32 heavy (non-hydrogen) atoms. The molecule has 0 spiro atoms. The van der Waals surface area contributed by atoms with Gasteiger partial charge in [0.25, 0.3) is 0 Å². The van der Waals surface area contributed by atoms with Crippen molar-refractivity contribution >= 4 is 23.3 Å². The van der Waals surface area contributed by atoms with Crippen LogP contribution in [0.1, 0.15) is 31.0 Å². The van der Waals surface area contributed by atoms with E-state index < -0.39 is 0 Å². The summed E-state index contributed by atoms with van der Waals surface area (Å²) in [4.78, 5) is 5.84. The number of rotatable bonds is 6. The van der Waals surface area contributed by atoms with Crippen LogP contribution in [0.3, 0.4) is 0 Å². The van der Waals surface area contributed by atoms with Crippen LogP contribution >= 0.6 is 11.8 Å². The number of hydrazine groups is 3. The highest BCUT2D eigenvalue weighted by Crippen LogP contribution is 2.31. The number of hydrazone groups is 1. The lowest BCUT2D eigenvalue weighted by atomic mass is 10.1. The van der Waals surface area contributed by atoms with Crippen molar-refractivity contribution in [3.63, 3.8) is 0 Å². The van der Waals surface area contributed by atoms with E-state index in [-0.39, 0.29) is 11.9 Å². The van der Waals surface area contributed by atoms with Gasteiger partial charge in [0.05, 0.1) is 35.8 Å². The maximum atomic E-state index is 13.5. The topological polar surface area (TPSA) is 67.4 Å². The molecule has 1 atom stereocenters. The van der Waals surface area contributed by atoms with Gasteiger partial charge in [-0.05, 0) is 43.7 Å². The van der Waals surface area contributed by atoms with Gasteiger partial charge in [0.1, 0.15) is 11.5 Å². The molecule has 2 aromatic carbocycles. The Morgan fingerprint density at radius 1 is 1.12 bits per heavy atom. The molecule has 168 valence electrons. The fourth-order valence-electron chi connectivity index (χ4n) is 3.49. The Morgan fingerprint density at radius 3 is 2.53 bits per heavy atom. The molecule has 0 fully saturated rings. The molecule has 3 N–H and O–H groups in total. The van der Waals surface area contributed by atoms with Gasteiger partial charge in [-0.3, -0.25) is 15.7 Å². The molecule has 4 rings (SSSR count). The normalized spacial score (nSPS) is 17.5. The molecule has 10 heteroatoms. The molecule has 2 aliphatic rings. The minimum absolute atomic E-state index is 0.00790. The van der Waals surface area contributed by atoms with E-state index in [0.717, 1.165) is 21.5 Å². The van der Waals surface area contributed by atoms with Crippen LogP contribution in [0.25, 0.3) is 5.70 Å². The molecule has 0 aliphatic carbocycles. The second kappa shape index (κ2) is 9.47. The van der Waals surface area contributed by atoms with E-state index in [2.05, 4.69) is 21.3 Å². The van der Waals surface area contributed by atoms with Crippen molar-refractivity contribution in [3.8, 4) is 0 Å². The van der Waals surface area contributed by atoms with Gasteiger partial charge in [0.15, 0.2) is 5.84 Å². The van der Waals surface area contributed by atoms with Crippen molar-refractivity contribution in [1.82, 2.24) is 31.1 Å². The van der Waals surface area contributed by atoms with Crippen molar-refractivity contribution in [3.05, 3.63) is 89.0 Å². The summed E-state index contributed by atoms with van der Waals surface area (Å²) in [7, 11) is 1.82. The van der Waals surface area contributed by atoms with Gasteiger partial charge in [-0.25, -0.2) is 4.39 Å². The Balaban J connectivity index is 1.70. The molecule has 0 saturated carbocycles. The summed E-state index contributed by atoms with van der Waals surface area (Å²) in [6.07, 6.45) is 1.85. The predicted molar refractivity (Wildman–Crippen MR) is 122 cm³/mol. The van der Waals surface area contributed by atoms with Crippen molar-refractivity contribution in [2.75, 3.05) is 13.7 Å². The van der Waals surface area contributed by atoms with Crippen LogP contribution in [0.2, 0.25) is 0 Å². The van der Waals surface area contributed by atoms with E-state index in [0.29, 0.717) is 23.8 Å². The van der Waals surface area contributed by atoms with Crippen molar-refractivity contribution in [2.45, 2.75) is 19.9 Å². The van der Waals surface area contributed by atoms with Crippen LogP contribution in [-0.2, 0) is 4.84 Å². The standard InChI is InChI=1S/C22H25ClFN7O/c1-4-32-30-22(21(28-29(30)3)17-10-12-18(24)13-11-17)19-14-20(27-31(23)26-19)25-15(2)16-8-6-5-7-9-16/h5-15,26,28H,4H2,1-3H3,(H,25,27).